The molecule has 1 aromatic heterocycles. The van der Waals surface area contributed by atoms with Crippen LogP contribution in [0.1, 0.15) is 40.3 Å². The van der Waals surface area contributed by atoms with Crippen LogP contribution in [0.25, 0.3) is 5.69 Å². The Labute approximate surface area is 225 Å². The second-order valence-corrected chi connectivity index (χ2v) is 9.69. The Kier molecular flexibility index (Phi) is 8.61. The third-order valence-corrected chi connectivity index (χ3v) is 6.99. The van der Waals surface area contributed by atoms with Crippen LogP contribution in [0, 0.1) is 35.3 Å². The number of rotatable bonds is 11. The van der Waals surface area contributed by atoms with Gasteiger partial charge in [0.1, 0.15) is 17.7 Å². The van der Waals surface area contributed by atoms with E-state index in [2.05, 4.69) is 16.3 Å². The van der Waals surface area contributed by atoms with Gasteiger partial charge < -0.3 is 9.47 Å². The molecule has 0 aliphatic heterocycles. The van der Waals surface area contributed by atoms with E-state index in [-0.39, 0.29) is 18.1 Å². The maximum Gasteiger partial charge on any atom is 0.220 e. The topological polar surface area (TPSA) is 116 Å². The minimum atomic E-state index is -0.551. The van der Waals surface area contributed by atoms with Gasteiger partial charge in [-0.05, 0) is 56.7 Å². The van der Waals surface area contributed by atoms with Crippen LogP contribution in [-0.4, -0.2) is 32.8 Å². The fourth-order valence-corrected chi connectivity index (χ4v) is 5.07. The zero-order chi connectivity index (χ0) is 27.1. The number of ether oxygens (including phenoxy) is 2. The molecule has 0 amide bonds. The fraction of sp³-hybridized carbons (Fsp3) is 0.250. The molecule has 0 radical (unpaired) electrons. The first kappa shape index (κ1) is 26.7. The molecule has 0 aliphatic carbocycles. The van der Waals surface area contributed by atoms with Crippen LogP contribution in [0.4, 0.5) is 0 Å². The van der Waals surface area contributed by atoms with Crippen molar-refractivity contribution in [3.63, 3.8) is 0 Å². The van der Waals surface area contributed by atoms with E-state index in [1.165, 1.54) is 11.8 Å². The first-order valence-electron chi connectivity index (χ1n) is 12.0. The van der Waals surface area contributed by atoms with Gasteiger partial charge in [-0.3, -0.25) is 14.7 Å². The van der Waals surface area contributed by atoms with E-state index in [1.807, 2.05) is 61.7 Å². The van der Waals surface area contributed by atoms with E-state index in [4.69, 9.17) is 9.47 Å². The van der Waals surface area contributed by atoms with Gasteiger partial charge in [0.25, 0.3) is 0 Å². The monoisotopic (exact) mass is 529 g/mol. The molecule has 1 atom stereocenters. The van der Waals surface area contributed by atoms with Crippen LogP contribution in [-0.2, 0) is 6.61 Å². The van der Waals surface area contributed by atoms with E-state index in [9.17, 15) is 15.4 Å². The molecule has 0 aliphatic rings. The number of aryl methyl sites for hydroxylation is 2. The number of thioether (sulfide) groups is 1. The first-order chi connectivity index (χ1) is 18.4. The summed E-state index contributed by atoms with van der Waals surface area (Å²) in [5.74, 6) is 1.66. The second-order valence-electron chi connectivity index (χ2n) is 8.52. The number of aromatic nitrogens is 3. The van der Waals surface area contributed by atoms with Crippen molar-refractivity contribution in [3.8, 4) is 23.3 Å². The van der Waals surface area contributed by atoms with Crippen molar-refractivity contribution in [1.82, 2.24) is 14.8 Å². The third kappa shape index (κ3) is 6.30. The summed E-state index contributed by atoms with van der Waals surface area (Å²) in [7, 11) is 0. The summed E-state index contributed by atoms with van der Waals surface area (Å²) >= 11 is 1.28. The molecule has 0 saturated heterocycles. The Balaban J connectivity index is 1.63. The van der Waals surface area contributed by atoms with Crippen LogP contribution in [0.2, 0.25) is 0 Å². The molecule has 194 valence electrons. The number of hydrogen-bond donors (Lipinski definition) is 0. The van der Waals surface area contributed by atoms with Crippen LogP contribution >= 0.6 is 11.8 Å². The third-order valence-electron chi connectivity index (χ3n) is 5.81. The van der Waals surface area contributed by atoms with E-state index in [1.54, 1.807) is 30.3 Å². The predicted molar refractivity (Wildman–Crippen MR) is 144 cm³/mol. The lowest BCUT2D eigenvalue weighted by Crippen LogP contribution is -2.12. The van der Waals surface area contributed by atoms with Crippen molar-refractivity contribution >= 4 is 11.8 Å². The average molecular weight is 530 g/mol. The Hall–Kier alpha value is -4.36. The molecule has 0 spiro atoms. The number of nitrogens with zero attached hydrogens (tertiary/aromatic N) is 5. The molecule has 0 bridgehead atoms. The molecule has 0 N–H and O–H groups in total. The molecule has 0 fully saturated rings. The molecule has 9 nitrogen and oxygen atoms in total. The smallest absolute Gasteiger partial charge is 0.220 e. The van der Waals surface area contributed by atoms with Gasteiger partial charge in [0.15, 0.2) is 16.7 Å². The van der Waals surface area contributed by atoms with Crippen LogP contribution in [0.3, 0.4) is 0 Å². The van der Waals surface area contributed by atoms with Gasteiger partial charge in [-0.15, -0.1) is 10.2 Å². The minimum Gasteiger partial charge on any atom is -0.490 e. The Morgan fingerprint density at radius 2 is 1.82 bits per heavy atom. The number of benzene rings is 3. The van der Waals surface area contributed by atoms with Crippen LogP contribution in [0.15, 0.2) is 71.9 Å². The standard InChI is InChI=1S/C28H27N5O4S/c1-4-36-26-15-21(11-14-25(26)37-18-23-8-6-5-7-22(23)16-29)27(17-32(34)35)38-28-31-30-20(3)33(28)24-12-9-19(2)10-13-24/h5-15,27H,4,17-18H2,1-3H3/t27-/m0/s1. The summed E-state index contributed by atoms with van der Waals surface area (Å²) in [6.07, 6.45) is 0. The molecule has 4 rings (SSSR count). The summed E-state index contributed by atoms with van der Waals surface area (Å²) in [5, 5.41) is 29.5. The predicted octanol–water partition coefficient (Wildman–Crippen LogP) is 5.84. The lowest BCUT2D eigenvalue weighted by Gasteiger charge is -2.17. The van der Waals surface area contributed by atoms with Gasteiger partial charge in [0, 0.05) is 16.2 Å². The van der Waals surface area contributed by atoms with E-state index in [0.717, 1.165) is 16.8 Å². The summed E-state index contributed by atoms with van der Waals surface area (Å²) in [6.45, 7) is 5.99. The lowest BCUT2D eigenvalue weighted by molar-refractivity contribution is -0.479. The maximum absolute atomic E-state index is 11.6. The van der Waals surface area contributed by atoms with Crippen LogP contribution in [0.5, 0.6) is 11.5 Å². The van der Waals surface area contributed by atoms with Crippen molar-refractivity contribution in [2.45, 2.75) is 37.8 Å². The van der Waals surface area contributed by atoms with Gasteiger partial charge in [0.05, 0.1) is 18.2 Å². The average Bonchev–Trinajstić information content (AvgIpc) is 3.27. The fourth-order valence-electron chi connectivity index (χ4n) is 3.91. The van der Waals surface area contributed by atoms with Crippen molar-refractivity contribution in [2.75, 3.05) is 13.2 Å². The molecule has 38 heavy (non-hydrogen) atoms. The van der Waals surface area contributed by atoms with Gasteiger partial charge in [-0.2, -0.15) is 5.26 Å². The number of hydrogen-bond acceptors (Lipinski definition) is 8. The van der Waals surface area contributed by atoms with Crippen LogP contribution < -0.4 is 9.47 Å². The lowest BCUT2D eigenvalue weighted by atomic mass is 10.1. The SMILES string of the molecule is CCOc1cc([C@H](C[N+](=O)[O-])Sc2nnc(C)n2-c2ccc(C)cc2)ccc1OCc1ccccc1C#N. The van der Waals surface area contributed by atoms with E-state index < -0.39 is 5.25 Å². The highest BCUT2D eigenvalue weighted by atomic mass is 32.2. The quantitative estimate of drug-likeness (QED) is 0.135. The molecule has 0 saturated carbocycles. The minimum absolute atomic E-state index is 0.190. The highest BCUT2D eigenvalue weighted by Crippen LogP contribution is 2.39. The highest BCUT2D eigenvalue weighted by Gasteiger charge is 2.25. The first-order valence-corrected chi connectivity index (χ1v) is 12.9. The van der Waals surface area contributed by atoms with E-state index in [0.29, 0.717) is 40.2 Å². The summed E-state index contributed by atoms with van der Waals surface area (Å²) < 4.78 is 13.7. The summed E-state index contributed by atoms with van der Waals surface area (Å²) in [5.41, 5.74) is 4.02. The largest absolute Gasteiger partial charge is 0.490 e. The Bertz CT molecular complexity index is 1460. The molecular formula is C28H27N5O4S. The molecule has 0 unspecified atom stereocenters. The van der Waals surface area contributed by atoms with Crippen molar-refractivity contribution in [3.05, 3.63) is 105 Å². The Morgan fingerprint density at radius 3 is 2.53 bits per heavy atom. The second kappa shape index (κ2) is 12.3. The van der Waals surface area contributed by atoms with Crippen molar-refractivity contribution < 1.29 is 14.4 Å². The van der Waals surface area contributed by atoms with Crippen molar-refractivity contribution in [2.24, 2.45) is 0 Å². The van der Waals surface area contributed by atoms with Crippen molar-refractivity contribution in [1.29, 1.82) is 5.26 Å². The molecule has 10 heteroatoms. The van der Waals surface area contributed by atoms with Gasteiger partial charge >= 0.3 is 0 Å². The Morgan fingerprint density at radius 1 is 1.05 bits per heavy atom. The van der Waals surface area contributed by atoms with Gasteiger partial charge in [0.2, 0.25) is 6.54 Å². The molecule has 4 aromatic rings. The number of nitriles is 1. The molecule has 3 aromatic carbocycles. The molecule has 1 heterocycles. The molecular weight excluding hydrogens is 502 g/mol. The van der Waals surface area contributed by atoms with Gasteiger partial charge in [-0.25, -0.2) is 0 Å². The van der Waals surface area contributed by atoms with E-state index >= 15 is 0 Å². The zero-order valence-electron chi connectivity index (χ0n) is 21.3. The van der Waals surface area contributed by atoms with Gasteiger partial charge in [-0.1, -0.05) is 53.7 Å². The zero-order valence-corrected chi connectivity index (χ0v) is 22.1. The summed E-state index contributed by atoms with van der Waals surface area (Å²) in [4.78, 5) is 11.3. The maximum atomic E-state index is 11.6. The number of nitro groups is 1. The summed E-state index contributed by atoms with van der Waals surface area (Å²) in [6, 6.07) is 22.7. The normalized spacial score (nSPS) is 11.5. The highest BCUT2D eigenvalue weighted by molar-refractivity contribution is 7.99.